The molecule has 1 saturated carbocycles. The molecule has 116 valence electrons. The summed E-state index contributed by atoms with van der Waals surface area (Å²) in [5.41, 5.74) is 0.958. The van der Waals surface area contributed by atoms with E-state index in [1.165, 1.54) is 32.1 Å². The van der Waals surface area contributed by atoms with Gasteiger partial charge >= 0.3 is 0 Å². The normalized spacial score (nSPS) is 22.6. The van der Waals surface area contributed by atoms with Gasteiger partial charge in [0.2, 0.25) is 0 Å². The third-order valence-corrected chi connectivity index (χ3v) is 5.22. The maximum atomic E-state index is 12.5. The number of nitrogens with zero attached hydrogens (tertiary/aromatic N) is 3. The van der Waals surface area contributed by atoms with E-state index >= 15 is 0 Å². The number of halogens is 1. The summed E-state index contributed by atoms with van der Waals surface area (Å²) in [4.78, 5) is 14.8. The molecule has 0 spiro atoms. The van der Waals surface area contributed by atoms with E-state index in [4.69, 9.17) is 0 Å². The maximum absolute atomic E-state index is 12.5. The molecule has 1 aliphatic heterocycles. The van der Waals surface area contributed by atoms with Crippen LogP contribution in [0.1, 0.15) is 32.1 Å². The van der Waals surface area contributed by atoms with Crippen molar-refractivity contribution in [1.29, 1.82) is 0 Å². The first-order valence-corrected chi connectivity index (χ1v) is 8.67. The van der Waals surface area contributed by atoms with Gasteiger partial charge in [-0.05, 0) is 61.0 Å². The molecule has 1 aliphatic carbocycles. The first-order chi connectivity index (χ1) is 10.2. The van der Waals surface area contributed by atoms with Gasteiger partial charge in [0.25, 0.3) is 5.56 Å². The SMILES string of the molecule is CNCC1CCCCN1c1cnn(CC2CC2)c(=O)c1Br. The Labute approximate surface area is 133 Å². The van der Waals surface area contributed by atoms with Crippen molar-refractivity contribution in [3.8, 4) is 0 Å². The standard InChI is InChI=1S/C15H23BrN4O/c1-17-8-12-4-2-3-7-19(12)13-9-18-20(10-11-5-6-11)15(21)14(13)16/h9,11-12,17H,2-8,10H2,1H3. The summed E-state index contributed by atoms with van der Waals surface area (Å²) in [5, 5.41) is 7.66. The van der Waals surface area contributed by atoms with Crippen molar-refractivity contribution in [2.24, 2.45) is 5.92 Å². The van der Waals surface area contributed by atoms with E-state index in [1.807, 2.05) is 13.2 Å². The van der Waals surface area contributed by atoms with Gasteiger partial charge in [0.1, 0.15) is 4.47 Å². The van der Waals surface area contributed by atoms with Crippen LogP contribution in [-0.2, 0) is 6.54 Å². The second kappa shape index (κ2) is 6.48. The lowest BCUT2D eigenvalue weighted by atomic mass is 10.0. The fourth-order valence-corrected chi connectivity index (χ4v) is 3.63. The Morgan fingerprint density at radius 2 is 2.19 bits per heavy atom. The molecule has 6 heteroatoms. The lowest BCUT2D eigenvalue weighted by molar-refractivity contribution is 0.443. The van der Waals surface area contributed by atoms with Gasteiger partial charge in [0, 0.05) is 25.7 Å². The molecule has 0 bridgehead atoms. The van der Waals surface area contributed by atoms with Gasteiger partial charge in [0.05, 0.1) is 11.9 Å². The minimum Gasteiger partial charge on any atom is -0.365 e. The van der Waals surface area contributed by atoms with Crippen LogP contribution in [0, 0.1) is 5.92 Å². The van der Waals surface area contributed by atoms with Crippen LogP contribution in [0.4, 0.5) is 5.69 Å². The van der Waals surface area contributed by atoms with E-state index < -0.39 is 0 Å². The molecular formula is C15H23BrN4O. The maximum Gasteiger partial charge on any atom is 0.283 e. The smallest absolute Gasteiger partial charge is 0.283 e. The van der Waals surface area contributed by atoms with E-state index in [0.717, 1.165) is 25.3 Å². The minimum atomic E-state index is 0.00758. The molecule has 2 aliphatic rings. The van der Waals surface area contributed by atoms with Gasteiger partial charge in [-0.15, -0.1) is 0 Å². The van der Waals surface area contributed by atoms with Crippen molar-refractivity contribution < 1.29 is 0 Å². The molecule has 1 atom stereocenters. The Balaban J connectivity index is 1.86. The number of rotatable bonds is 5. The Morgan fingerprint density at radius 1 is 1.38 bits per heavy atom. The molecule has 2 heterocycles. The van der Waals surface area contributed by atoms with Crippen LogP contribution in [0.15, 0.2) is 15.5 Å². The van der Waals surface area contributed by atoms with Crippen LogP contribution in [0.2, 0.25) is 0 Å². The predicted molar refractivity (Wildman–Crippen MR) is 87.8 cm³/mol. The molecule has 1 aromatic heterocycles. The summed E-state index contributed by atoms with van der Waals surface area (Å²) in [6, 6.07) is 0.445. The van der Waals surface area contributed by atoms with Crippen molar-refractivity contribution in [1.82, 2.24) is 15.1 Å². The fraction of sp³-hybridized carbons (Fsp3) is 0.733. The molecule has 5 nitrogen and oxygen atoms in total. The third kappa shape index (κ3) is 3.31. The van der Waals surface area contributed by atoms with E-state index in [2.05, 4.69) is 31.2 Å². The summed E-state index contributed by atoms with van der Waals surface area (Å²) in [7, 11) is 1.98. The zero-order valence-electron chi connectivity index (χ0n) is 12.5. The Bertz CT molecular complexity index is 553. The van der Waals surface area contributed by atoms with Gasteiger partial charge in [-0.3, -0.25) is 4.79 Å². The Kier molecular flexibility index (Phi) is 4.64. The zero-order chi connectivity index (χ0) is 14.8. The van der Waals surface area contributed by atoms with Gasteiger partial charge < -0.3 is 10.2 Å². The number of aromatic nitrogens is 2. The van der Waals surface area contributed by atoms with Gasteiger partial charge in [-0.25, -0.2) is 4.68 Å². The monoisotopic (exact) mass is 354 g/mol. The Hall–Kier alpha value is -0.880. The number of likely N-dealkylation sites (N-methyl/N-ethyl adjacent to an activating group) is 1. The second-order valence-corrected chi connectivity index (χ2v) is 6.97. The largest absolute Gasteiger partial charge is 0.365 e. The molecule has 21 heavy (non-hydrogen) atoms. The quantitative estimate of drug-likeness (QED) is 0.878. The second-order valence-electron chi connectivity index (χ2n) is 6.18. The summed E-state index contributed by atoms with van der Waals surface area (Å²) < 4.78 is 2.28. The molecule has 0 amide bonds. The average Bonchev–Trinajstić information content (AvgIpc) is 3.30. The van der Waals surface area contributed by atoms with Crippen molar-refractivity contribution in [3.63, 3.8) is 0 Å². The summed E-state index contributed by atoms with van der Waals surface area (Å²) in [5.74, 6) is 0.653. The minimum absolute atomic E-state index is 0.00758. The third-order valence-electron chi connectivity index (χ3n) is 4.47. The molecule has 2 fully saturated rings. The van der Waals surface area contributed by atoms with Crippen LogP contribution >= 0.6 is 15.9 Å². The van der Waals surface area contributed by atoms with Crippen molar-refractivity contribution in [3.05, 3.63) is 21.0 Å². The highest BCUT2D eigenvalue weighted by atomic mass is 79.9. The van der Waals surface area contributed by atoms with Crippen LogP contribution in [-0.4, -0.2) is 36.0 Å². The highest BCUT2D eigenvalue weighted by molar-refractivity contribution is 9.10. The summed E-state index contributed by atoms with van der Waals surface area (Å²) in [6.45, 7) is 2.70. The first kappa shape index (κ1) is 15.0. The van der Waals surface area contributed by atoms with E-state index in [1.54, 1.807) is 4.68 Å². The van der Waals surface area contributed by atoms with E-state index in [-0.39, 0.29) is 5.56 Å². The first-order valence-electron chi connectivity index (χ1n) is 7.87. The molecule has 3 rings (SSSR count). The van der Waals surface area contributed by atoms with Crippen LogP contribution in [0.25, 0.3) is 0 Å². The number of piperidine rings is 1. The van der Waals surface area contributed by atoms with Crippen LogP contribution in [0.5, 0.6) is 0 Å². The van der Waals surface area contributed by atoms with Crippen molar-refractivity contribution in [2.75, 3.05) is 25.0 Å². The summed E-state index contributed by atoms with van der Waals surface area (Å²) in [6.07, 6.45) is 7.92. The molecule has 1 unspecified atom stereocenters. The molecule has 1 N–H and O–H groups in total. The number of nitrogens with one attached hydrogen (secondary N) is 1. The number of anilines is 1. The lowest BCUT2D eigenvalue weighted by Gasteiger charge is -2.37. The predicted octanol–water partition coefficient (Wildman–Crippen LogP) is 1.99. The van der Waals surface area contributed by atoms with E-state index in [9.17, 15) is 4.79 Å². The molecular weight excluding hydrogens is 332 g/mol. The fourth-order valence-electron chi connectivity index (χ4n) is 3.10. The average molecular weight is 355 g/mol. The summed E-state index contributed by atoms with van der Waals surface area (Å²) >= 11 is 3.52. The Morgan fingerprint density at radius 3 is 2.90 bits per heavy atom. The number of hydrogen-bond donors (Lipinski definition) is 1. The molecule has 0 radical (unpaired) electrons. The molecule has 1 saturated heterocycles. The van der Waals surface area contributed by atoms with Gasteiger partial charge in [0.15, 0.2) is 0 Å². The molecule has 0 aromatic carbocycles. The molecule has 1 aromatic rings. The van der Waals surface area contributed by atoms with Crippen molar-refractivity contribution in [2.45, 2.75) is 44.7 Å². The van der Waals surface area contributed by atoms with E-state index in [0.29, 0.717) is 16.4 Å². The topological polar surface area (TPSA) is 50.2 Å². The van der Waals surface area contributed by atoms with Gasteiger partial charge in [-0.2, -0.15) is 5.10 Å². The van der Waals surface area contributed by atoms with Crippen LogP contribution in [0.3, 0.4) is 0 Å². The zero-order valence-corrected chi connectivity index (χ0v) is 14.1. The van der Waals surface area contributed by atoms with Crippen LogP contribution < -0.4 is 15.8 Å². The van der Waals surface area contributed by atoms with Crippen molar-refractivity contribution >= 4 is 21.6 Å². The van der Waals surface area contributed by atoms with Gasteiger partial charge in [-0.1, -0.05) is 0 Å². The highest BCUT2D eigenvalue weighted by Crippen LogP contribution is 2.31. The highest BCUT2D eigenvalue weighted by Gasteiger charge is 2.27. The number of hydrogen-bond acceptors (Lipinski definition) is 4. The lowest BCUT2D eigenvalue weighted by Crippen LogP contribution is -2.46.